The van der Waals surface area contributed by atoms with Gasteiger partial charge < -0.3 is 0 Å². The predicted molar refractivity (Wildman–Crippen MR) is 141 cm³/mol. The summed E-state index contributed by atoms with van der Waals surface area (Å²) in [6.45, 7) is 1.01. The van der Waals surface area contributed by atoms with Gasteiger partial charge in [0.1, 0.15) is 11.6 Å². The van der Waals surface area contributed by atoms with Crippen LogP contribution in [0, 0.1) is 18.6 Å². The van der Waals surface area contributed by atoms with E-state index < -0.39 is 53.0 Å². The Morgan fingerprint density at radius 3 is 2.16 bits per heavy atom. The van der Waals surface area contributed by atoms with Gasteiger partial charge in [0.25, 0.3) is 5.56 Å². The van der Waals surface area contributed by atoms with Crippen LogP contribution in [0.2, 0.25) is 0 Å². The maximum absolute atomic E-state index is 13.7. The van der Waals surface area contributed by atoms with Crippen molar-refractivity contribution in [2.24, 2.45) is 7.05 Å². The molecule has 1 fully saturated rings. The van der Waals surface area contributed by atoms with Crippen molar-refractivity contribution in [1.82, 2.24) is 24.5 Å². The molecule has 0 spiro atoms. The highest BCUT2D eigenvalue weighted by Crippen LogP contribution is 2.38. The lowest BCUT2D eigenvalue weighted by atomic mass is 9.84. The van der Waals surface area contributed by atoms with Crippen LogP contribution in [0.4, 0.5) is 35.1 Å². The van der Waals surface area contributed by atoms with Crippen LogP contribution in [0.25, 0.3) is 11.3 Å². The van der Waals surface area contributed by atoms with Crippen molar-refractivity contribution in [3.8, 4) is 11.3 Å². The molecule has 1 aliphatic rings. The third-order valence-electron chi connectivity index (χ3n) is 7.03. The Labute approximate surface area is 241 Å². The van der Waals surface area contributed by atoms with Crippen molar-refractivity contribution in [2.75, 3.05) is 0 Å². The molecule has 0 saturated heterocycles. The van der Waals surface area contributed by atoms with E-state index in [9.17, 15) is 39.9 Å². The lowest BCUT2D eigenvalue weighted by Crippen LogP contribution is -2.30. The summed E-state index contributed by atoms with van der Waals surface area (Å²) in [7, 11) is 1.13. The minimum absolute atomic E-state index is 0.176. The largest absolute Gasteiger partial charge is 0.433 e. The first kappa shape index (κ1) is 31.8. The molecule has 0 unspecified atom stereocenters. The van der Waals surface area contributed by atoms with Gasteiger partial charge in [-0.1, -0.05) is 19.3 Å². The van der Waals surface area contributed by atoms with Crippen molar-refractivity contribution in [3.63, 3.8) is 0 Å². The second-order valence-electron chi connectivity index (χ2n) is 10.3. The van der Waals surface area contributed by atoms with Crippen molar-refractivity contribution in [1.29, 1.82) is 0 Å². The van der Waals surface area contributed by atoms with Gasteiger partial charge in [0, 0.05) is 24.9 Å². The second kappa shape index (κ2) is 12.6. The first-order chi connectivity index (χ1) is 20.1. The zero-order chi connectivity index (χ0) is 31.5. The predicted octanol–water partition coefficient (Wildman–Crippen LogP) is 7.45. The molecular formula is C29H27F8N5O. The molecule has 0 N–H and O–H groups in total. The second-order valence-corrected chi connectivity index (χ2v) is 10.3. The molecule has 3 heterocycles. The normalized spacial score (nSPS) is 14.4. The number of hydrogen-bond donors (Lipinski definition) is 0. The van der Waals surface area contributed by atoms with Crippen molar-refractivity contribution >= 4 is 0 Å². The lowest BCUT2D eigenvalue weighted by molar-refractivity contribution is -0.143. The highest BCUT2D eigenvalue weighted by Gasteiger charge is 2.39. The number of aryl methyl sites for hydroxylation is 2. The van der Waals surface area contributed by atoms with E-state index in [4.69, 9.17) is 0 Å². The van der Waals surface area contributed by atoms with Crippen LogP contribution in [0.15, 0.2) is 53.6 Å². The summed E-state index contributed by atoms with van der Waals surface area (Å²) in [5.74, 6) is -1.26. The number of alkyl halides is 6. The third kappa shape index (κ3) is 7.65. The Bertz CT molecular complexity index is 1580. The first-order valence-electron chi connectivity index (χ1n) is 13.3. The van der Waals surface area contributed by atoms with Crippen LogP contribution in [-0.2, 0) is 25.9 Å². The third-order valence-corrected chi connectivity index (χ3v) is 7.03. The van der Waals surface area contributed by atoms with E-state index in [1.807, 2.05) is 0 Å². The number of benzene rings is 1. The Morgan fingerprint density at radius 2 is 1.58 bits per heavy atom. The van der Waals surface area contributed by atoms with Crippen molar-refractivity contribution in [2.45, 2.75) is 63.8 Å². The maximum Gasteiger partial charge on any atom is 0.433 e. The molecule has 0 aliphatic heterocycles. The van der Waals surface area contributed by atoms with Gasteiger partial charge in [-0.15, -0.1) is 0 Å². The van der Waals surface area contributed by atoms with Crippen LogP contribution in [0.1, 0.15) is 66.1 Å². The van der Waals surface area contributed by atoms with E-state index >= 15 is 0 Å². The van der Waals surface area contributed by atoms with Crippen LogP contribution in [0.5, 0.6) is 0 Å². The fourth-order valence-electron chi connectivity index (χ4n) is 5.12. The lowest BCUT2D eigenvalue weighted by Gasteiger charge is -2.23. The maximum atomic E-state index is 13.7. The van der Waals surface area contributed by atoms with Gasteiger partial charge in [-0.25, -0.2) is 13.5 Å². The summed E-state index contributed by atoms with van der Waals surface area (Å²) in [5.41, 5.74) is -2.86. The summed E-state index contributed by atoms with van der Waals surface area (Å²) < 4.78 is 107. The van der Waals surface area contributed by atoms with Gasteiger partial charge >= 0.3 is 12.4 Å². The molecule has 1 saturated carbocycles. The van der Waals surface area contributed by atoms with Crippen LogP contribution < -0.4 is 5.56 Å². The van der Waals surface area contributed by atoms with Gasteiger partial charge in [0.15, 0.2) is 5.69 Å². The number of rotatable bonds is 4. The van der Waals surface area contributed by atoms with E-state index in [1.54, 1.807) is 6.92 Å². The fraction of sp³-hybridized carbons (Fsp3) is 0.379. The van der Waals surface area contributed by atoms with Gasteiger partial charge in [0.05, 0.1) is 35.3 Å². The molecule has 1 aromatic carbocycles. The van der Waals surface area contributed by atoms with E-state index in [0.717, 1.165) is 61.6 Å². The summed E-state index contributed by atoms with van der Waals surface area (Å²) in [4.78, 5) is 17.0. The van der Waals surface area contributed by atoms with E-state index in [2.05, 4.69) is 15.2 Å². The average Bonchev–Trinajstić information content (AvgIpc) is 3.32. The molecule has 14 heteroatoms. The zero-order valence-electron chi connectivity index (χ0n) is 23.1. The Morgan fingerprint density at radius 1 is 0.930 bits per heavy atom. The number of nitrogens with zero attached hydrogens (tertiary/aromatic N) is 5. The van der Waals surface area contributed by atoms with Gasteiger partial charge in [-0.05, 0) is 61.6 Å². The highest BCUT2D eigenvalue weighted by molar-refractivity contribution is 5.62. The number of hydrogen-bond acceptors (Lipinski definition) is 4. The van der Waals surface area contributed by atoms with Crippen LogP contribution in [0.3, 0.4) is 0 Å². The molecule has 6 nitrogen and oxygen atoms in total. The van der Waals surface area contributed by atoms with E-state index in [1.165, 1.54) is 18.2 Å². The van der Waals surface area contributed by atoms with Gasteiger partial charge in [0.2, 0.25) is 0 Å². The first-order valence-corrected chi connectivity index (χ1v) is 13.3. The van der Waals surface area contributed by atoms with Crippen LogP contribution >= 0.6 is 0 Å². The monoisotopic (exact) mass is 613 g/mol. The molecule has 43 heavy (non-hydrogen) atoms. The summed E-state index contributed by atoms with van der Waals surface area (Å²) >= 11 is 0. The molecular weight excluding hydrogens is 586 g/mol. The molecule has 1 aliphatic carbocycles. The Hall–Kier alpha value is -4.10. The molecule has 0 bridgehead atoms. The average molecular weight is 614 g/mol. The molecule has 230 valence electrons. The topological polar surface area (TPSA) is 65.6 Å². The molecule has 0 radical (unpaired) electrons. The smallest absolute Gasteiger partial charge is 0.267 e. The van der Waals surface area contributed by atoms with Gasteiger partial charge in [-0.3, -0.25) is 14.5 Å². The summed E-state index contributed by atoms with van der Waals surface area (Å²) in [5, 5.41) is 7.74. The van der Waals surface area contributed by atoms with Crippen molar-refractivity contribution in [3.05, 3.63) is 98.9 Å². The van der Waals surface area contributed by atoms with Crippen LogP contribution in [-0.4, -0.2) is 24.5 Å². The highest BCUT2D eigenvalue weighted by atomic mass is 19.4. The Balaban J connectivity index is 0.000000403. The number of aromatic nitrogens is 5. The molecule has 0 amide bonds. The fourth-order valence-corrected chi connectivity index (χ4v) is 5.12. The minimum atomic E-state index is -4.75. The van der Waals surface area contributed by atoms with E-state index in [0.29, 0.717) is 23.1 Å². The van der Waals surface area contributed by atoms with Gasteiger partial charge in [-0.2, -0.15) is 36.5 Å². The SMILES string of the molecule is Cc1cc(F)cc(F)c1.Cn1ncc(-c2cc(C3CCCCC3)c(=O)n(Cc3ncccc3C(F)(F)F)n2)c1C(F)(F)F. The van der Waals surface area contributed by atoms with Crippen molar-refractivity contribution < 1.29 is 35.1 Å². The van der Waals surface area contributed by atoms with E-state index in [-0.39, 0.29) is 22.7 Å². The quantitative estimate of drug-likeness (QED) is 0.225. The standard InChI is InChI=1S/C22H21F6N5O.C7H6F2/c1-32-19(22(26,27)28)15(11-30-32)17-10-14(13-6-3-2-4-7-13)20(34)33(31-17)12-18-16(21(23,24)25)8-5-9-29-18;1-5-2-6(8)4-7(9)3-5/h5,8-11,13H,2-4,6-7,12H2,1H3;2-4H,1H3. The zero-order valence-corrected chi connectivity index (χ0v) is 23.1. The molecule has 4 aromatic rings. The molecule has 0 atom stereocenters. The number of halogens is 8. The number of pyridine rings is 1. The molecule has 5 rings (SSSR count). The minimum Gasteiger partial charge on any atom is -0.267 e. The summed E-state index contributed by atoms with van der Waals surface area (Å²) in [6.07, 6.45) is -3.32. The molecule has 3 aromatic heterocycles. The summed E-state index contributed by atoms with van der Waals surface area (Å²) in [6, 6.07) is 6.70. The Kier molecular flexibility index (Phi) is 9.35.